The zero-order valence-corrected chi connectivity index (χ0v) is 12.2. The van der Waals surface area contributed by atoms with Crippen LogP contribution in [0.4, 0.5) is 27.6 Å². The highest BCUT2D eigenvalue weighted by molar-refractivity contribution is 5.92. The van der Waals surface area contributed by atoms with Crippen LogP contribution in [0.15, 0.2) is 18.2 Å². The highest BCUT2D eigenvalue weighted by Crippen LogP contribution is 2.19. The van der Waals surface area contributed by atoms with Gasteiger partial charge in [0.25, 0.3) is 0 Å². The molecular formula is C14H16F5N3O. The number of nitrogens with one attached hydrogen (secondary N) is 1. The van der Waals surface area contributed by atoms with Crippen molar-refractivity contribution < 1.29 is 26.7 Å². The summed E-state index contributed by atoms with van der Waals surface area (Å²) in [5, 5.41) is 2.15. The van der Waals surface area contributed by atoms with Gasteiger partial charge in [-0.3, -0.25) is 14.6 Å². The predicted molar refractivity (Wildman–Crippen MR) is 73.9 cm³/mol. The van der Waals surface area contributed by atoms with Gasteiger partial charge in [-0.05, 0) is 12.1 Å². The lowest BCUT2D eigenvalue weighted by Crippen LogP contribution is -2.50. The highest BCUT2D eigenvalue weighted by Gasteiger charge is 2.32. The maximum absolute atomic E-state index is 13.4. The molecule has 0 saturated carbocycles. The van der Waals surface area contributed by atoms with Gasteiger partial charge in [0, 0.05) is 26.2 Å². The minimum Gasteiger partial charge on any atom is -0.320 e. The van der Waals surface area contributed by atoms with Gasteiger partial charge in [0.2, 0.25) is 5.91 Å². The fourth-order valence-corrected chi connectivity index (χ4v) is 2.36. The lowest BCUT2D eigenvalue weighted by atomic mass is 10.2. The summed E-state index contributed by atoms with van der Waals surface area (Å²) in [6.45, 7) is -0.185. The van der Waals surface area contributed by atoms with Gasteiger partial charge in [0.15, 0.2) is 0 Å². The first-order valence-electron chi connectivity index (χ1n) is 7.00. The average Bonchev–Trinajstić information content (AvgIpc) is 2.44. The lowest BCUT2D eigenvalue weighted by molar-refractivity contribution is -0.149. The molecule has 0 radical (unpaired) electrons. The van der Waals surface area contributed by atoms with E-state index in [0.29, 0.717) is 0 Å². The molecule has 2 rings (SSSR count). The number of para-hydroxylation sites is 1. The number of alkyl halides is 3. The quantitative estimate of drug-likeness (QED) is 0.855. The minimum absolute atomic E-state index is 0.131. The van der Waals surface area contributed by atoms with Gasteiger partial charge in [-0.15, -0.1) is 0 Å². The topological polar surface area (TPSA) is 35.6 Å². The zero-order valence-electron chi connectivity index (χ0n) is 12.2. The van der Waals surface area contributed by atoms with Crippen LogP contribution in [-0.4, -0.2) is 61.2 Å². The third-order valence-electron chi connectivity index (χ3n) is 3.46. The molecule has 23 heavy (non-hydrogen) atoms. The number of rotatable bonds is 4. The fraction of sp³-hybridized carbons (Fsp3) is 0.500. The molecule has 0 aliphatic carbocycles. The maximum atomic E-state index is 13.4. The van der Waals surface area contributed by atoms with Crippen molar-refractivity contribution in [3.8, 4) is 0 Å². The molecule has 9 heteroatoms. The largest absolute Gasteiger partial charge is 0.401 e. The van der Waals surface area contributed by atoms with E-state index in [0.717, 1.165) is 12.1 Å². The predicted octanol–water partition coefficient (Wildman–Crippen LogP) is 2.08. The summed E-state index contributed by atoms with van der Waals surface area (Å²) in [7, 11) is 0. The molecule has 0 atom stereocenters. The van der Waals surface area contributed by atoms with Gasteiger partial charge < -0.3 is 5.32 Å². The second kappa shape index (κ2) is 7.22. The van der Waals surface area contributed by atoms with Crippen LogP contribution in [0, 0.1) is 11.6 Å². The second-order valence-electron chi connectivity index (χ2n) is 5.31. The molecule has 1 saturated heterocycles. The third-order valence-corrected chi connectivity index (χ3v) is 3.46. The number of halogens is 5. The Morgan fingerprint density at radius 3 is 2.09 bits per heavy atom. The van der Waals surface area contributed by atoms with Crippen molar-refractivity contribution in [3.05, 3.63) is 29.8 Å². The monoisotopic (exact) mass is 337 g/mol. The SMILES string of the molecule is O=C(CN1CCN(CC(F)(F)F)CC1)Nc1c(F)cccc1F. The van der Waals surface area contributed by atoms with Crippen molar-refractivity contribution in [1.82, 2.24) is 9.80 Å². The number of carbonyl (C=O) groups excluding carboxylic acids is 1. The van der Waals surface area contributed by atoms with Crippen molar-refractivity contribution in [2.45, 2.75) is 6.18 Å². The van der Waals surface area contributed by atoms with Gasteiger partial charge in [-0.2, -0.15) is 13.2 Å². The molecule has 1 heterocycles. The number of piperazine rings is 1. The lowest BCUT2D eigenvalue weighted by Gasteiger charge is -2.34. The Morgan fingerprint density at radius 1 is 1.04 bits per heavy atom. The maximum Gasteiger partial charge on any atom is 0.401 e. The Bertz CT molecular complexity index is 536. The zero-order chi connectivity index (χ0) is 17.0. The molecule has 0 unspecified atom stereocenters. The molecule has 1 fully saturated rings. The van der Waals surface area contributed by atoms with Gasteiger partial charge in [-0.1, -0.05) is 6.07 Å². The summed E-state index contributed by atoms with van der Waals surface area (Å²) in [6, 6.07) is 3.23. The number of benzene rings is 1. The molecule has 0 bridgehead atoms. The number of amides is 1. The van der Waals surface area contributed by atoms with Gasteiger partial charge in [0.1, 0.15) is 17.3 Å². The van der Waals surface area contributed by atoms with Crippen LogP contribution in [0.25, 0.3) is 0 Å². The molecule has 0 spiro atoms. The van der Waals surface area contributed by atoms with E-state index in [-0.39, 0.29) is 32.7 Å². The van der Waals surface area contributed by atoms with Crippen molar-refractivity contribution in [3.63, 3.8) is 0 Å². The normalized spacial score (nSPS) is 17.3. The standard InChI is InChI=1S/C14H16F5N3O/c15-10-2-1-3-11(16)13(10)20-12(23)8-21-4-6-22(7-5-21)9-14(17,18)19/h1-3H,4-9H2,(H,20,23). The van der Waals surface area contributed by atoms with Crippen LogP contribution in [-0.2, 0) is 4.79 Å². The number of carbonyl (C=O) groups is 1. The van der Waals surface area contributed by atoms with Crippen molar-refractivity contribution in [2.24, 2.45) is 0 Å². The smallest absolute Gasteiger partial charge is 0.320 e. The molecule has 4 nitrogen and oxygen atoms in total. The summed E-state index contributed by atoms with van der Waals surface area (Å²) in [5.41, 5.74) is -0.520. The number of anilines is 1. The van der Waals surface area contributed by atoms with E-state index < -0.39 is 36.0 Å². The summed E-state index contributed by atoms with van der Waals surface area (Å²) < 4.78 is 63.7. The fourth-order valence-electron chi connectivity index (χ4n) is 2.36. The Balaban J connectivity index is 1.81. The summed E-state index contributed by atoms with van der Waals surface area (Å²) >= 11 is 0. The van der Waals surface area contributed by atoms with Crippen molar-refractivity contribution in [1.29, 1.82) is 0 Å². The Morgan fingerprint density at radius 2 is 1.57 bits per heavy atom. The molecule has 128 valence electrons. The molecule has 0 aromatic heterocycles. The third kappa shape index (κ3) is 5.43. The number of nitrogens with zero attached hydrogens (tertiary/aromatic N) is 2. The van der Waals surface area contributed by atoms with Crippen LogP contribution >= 0.6 is 0 Å². The molecule has 1 amide bonds. The van der Waals surface area contributed by atoms with Gasteiger partial charge in [-0.25, -0.2) is 8.78 Å². The van der Waals surface area contributed by atoms with E-state index in [1.807, 2.05) is 0 Å². The van der Waals surface area contributed by atoms with Crippen LogP contribution in [0.3, 0.4) is 0 Å². The van der Waals surface area contributed by atoms with Gasteiger partial charge >= 0.3 is 6.18 Å². The summed E-state index contributed by atoms with van der Waals surface area (Å²) in [6.07, 6.45) is -4.25. The van der Waals surface area contributed by atoms with Crippen LogP contribution in [0.1, 0.15) is 0 Å². The Labute approximate surface area is 129 Å². The van der Waals surface area contributed by atoms with E-state index >= 15 is 0 Å². The van der Waals surface area contributed by atoms with Crippen LogP contribution in [0.2, 0.25) is 0 Å². The first kappa shape index (κ1) is 17.6. The Hall–Kier alpha value is -1.74. The first-order valence-corrected chi connectivity index (χ1v) is 7.00. The van der Waals surface area contributed by atoms with Crippen LogP contribution in [0.5, 0.6) is 0 Å². The molecular weight excluding hydrogens is 321 g/mol. The van der Waals surface area contributed by atoms with E-state index in [1.54, 1.807) is 4.90 Å². The number of hydrogen-bond donors (Lipinski definition) is 1. The van der Waals surface area contributed by atoms with E-state index in [2.05, 4.69) is 5.32 Å². The second-order valence-corrected chi connectivity index (χ2v) is 5.31. The van der Waals surface area contributed by atoms with Crippen molar-refractivity contribution >= 4 is 11.6 Å². The van der Waals surface area contributed by atoms with E-state index in [9.17, 15) is 26.7 Å². The molecule has 1 aromatic rings. The first-order chi connectivity index (χ1) is 10.7. The van der Waals surface area contributed by atoms with Gasteiger partial charge in [0.05, 0.1) is 13.1 Å². The Kier molecular flexibility index (Phi) is 5.53. The van der Waals surface area contributed by atoms with Crippen molar-refractivity contribution in [2.75, 3.05) is 44.6 Å². The molecule has 1 N–H and O–H groups in total. The molecule has 1 aromatic carbocycles. The average molecular weight is 337 g/mol. The van der Waals surface area contributed by atoms with E-state index in [1.165, 1.54) is 11.0 Å². The molecule has 1 aliphatic heterocycles. The summed E-state index contributed by atoms with van der Waals surface area (Å²) in [5.74, 6) is -2.38. The highest BCUT2D eigenvalue weighted by atomic mass is 19.4. The molecule has 1 aliphatic rings. The minimum atomic E-state index is -4.25. The van der Waals surface area contributed by atoms with Crippen LogP contribution < -0.4 is 5.32 Å². The van der Waals surface area contributed by atoms with E-state index in [4.69, 9.17) is 0 Å². The number of hydrogen-bond acceptors (Lipinski definition) is 3. The summed E-state index contributed by atoms with van der Waals surface area (Å²) in [4.78, 5) is 14.7.